The van der Waals surface area contributed by atoms with Gasteiger partial charge in [-0.2, -0.15) is 0 Å². The number of hydrogen-bond donors (Lipinski definition) is 1. The third kappa shape index (κ3) is 8.07. The summed E-state index contributed by atoms with van der Waals surface area (Å²) >= 11 is 0. The van der Waals surface area contributed by atoms with E-state index in [0.717, 1.165) is 32.7 Å². The van der Waals surface area contributed by atoms with Crippen LogP contribution in [0.3, 0.4) is 0 Å². The van der Waals surface area contributed by atoms with Gasteiger partial charge in [0, 0.05) is 44.8 Å². The fourth-order valence-corrected chi connectivity index (χ4v) is 3.36. The monoisotopic (exact) mass is 433 g/mol. The zero-order valence-corrected chi connectivity index (χ0v) is 17.1. The van der Waals surface area contributed by atoms with Gasteiger partial charge in [-0.3, -0.25) is 14.6 Å². The van der Waals surface area contributed by atoms with E-state index in [0.29, 0.717) is 0 Å². The Morgan fingerprint density at radius 3 is 2.32 bits per heavy atom. The average molecular weight is 433 g/mol. The largest absolute Gasteiger partial charge is 0.573 e. The summed E-state index contributed by atoms with van der Waals surface area (Å²) in [6.07, 6.45) is -0.533. The summed E-state index contributed by atoms with van der Waals surface area (Å²) in [5.41, 5.74) is 1.45. The van der Waals surface area contributed by atoms with E-state index in [1.54, 1.807) is 6.07 Å². The van der Waals surface area contributed by atoms with Crippen molar-refractivity contribution < 1.29 is 22.7 Å². The molecule has 2 aromatic rings. The van der Waals surface area contributed by atoms with Crippen LogP contribution >= 0.6 is 0 Å². The Hall–Kier alpha value is -2.84. The van der Waals surface area contributed by atoms with Gasteiger partial charge in [-0.15, -0.1) is 13.2 Å². The molecule has 0 aromatic heterocycles. The van der Waals surface area contributed by atoms with Crippen molar-refractivity contribution in [3.8, 4) is 5.75 Å². The number of nitrogens with zero attached hydrogens (tertiary/aromatic N) is 2. The maximum Gasteiger partial charge on any atom is 0.573 e. The predicted octanol–water partition coefficient (Wildman–Crippen LogP) is 3.53. The van der Waals surface area contributed by atoms with Crippen LogP contribution in [0.25, 0.3) is 6.08 Å². The van der Waals surface area contributed by atoms with E-state index in [4.69, 9.17) is 0 Å². The number of benzene rings is 2. The highest BCUT2D eigenvalue weighted by atomic mass is 19.4. The number of hydrogen-bond acceptors (Lipinski definition) is 4. The van der Waals surface area contributed by atoms with Crippen molar-refractivity contribution in [3.05, 3.63) is 71.8 Å². The number of piperazine rings is 1. The first kappa shape index (κ1) is 22.8. The van der Waals surface area contributed by atoms with Gasteiger partial charge in [-0.25, -0.2) is 0 Å². The van der Waals surface area contributed by atoms with Crippen molar-refractivity contribution in [2.24, 2.45) is 0 Å². The molecule has 0 radical (unpaired) electrons. The minimum absolute atomic E-state index is 0.0185. The van der Waals surface area contributed by atoms with Gasteiger partial charge in [0.05, 0.1) is 6.54 Å². The molecule has 1 N–H and O–H groups in total. The Balaban J connectivity index is 1.38. The third-order valence-corrected chi connectivity index (χ3v) is 4.98. The molecule has 1 aliphatic heterocycles. The summed E-state index contributed by atoms with van der Waals surface area (Å²) < 4.78 is 41.5. The molecule has 0 saturated carbocycles. The molecule has 1 saturated heterocycles. The van der Waals surface area contributed by atoms with Gasteiger partial charge in [-0.1, -0.05) is 60.7 Å². The number of nitrogens with one attached hydrogen (secondary N) is 1. The number of halogens is 3. The predicted molar refractivity (Wildman–Crippen MR) is 113 cm³/mol. The van der Waals surface area contributed by atoms with Crippen molar-refractivity contribution in [2.45, 2.75) is 12.9 Å². The van der Waals surface area contributed by atoms with Crippen molar-refractivity contribution in [1.82, 2.24) is 15.1 Å². The zero-order chi connectivity index (χ0) is 22.1. The maximum atomic E-state index is 12.5. The Morgan fingerprint density at radius 2 is 1.61 bits per heavy atom. The number of alkyl halides is 3. The summed E-state index contributed by atoms with van der Waals surface area (Å²) in [6.45, 7) is 4.29. The molecular formula is C23H26F3N3O2. The van der Waals surface area contributed by atoms with E-state index in [1.807, 2.05) is 23.1 Å². The highest BCUT2D eigenvalue weighted by Crippen LogP contribution is 2.26. The molecule has 1 aliphatic rings. The minimum atomic E-state index is -4.77. The molecule has 0 unspecified atom stereocenters. The standard InChI is InChI=1S/C23H26F3N3O2/c24-23(25,26)31-21-11-5-4-10-20(21)17-27-22(30)18-29-15-13-28(14-16-29)12-6-9-19-7-2-1-3-8-19/h1-11H,12-18H2,(H,27,30)/b9-6+. The van der Waals surface area contributed by atoms with Gasteiger partial charge in [0.15, 0.2) is 0 Å². The van der Waals surface area contributed by atoms with Crippen LogP contribution in [0.2, 0.25) is 0 Å². The lowest BCUT2D eigenvalue weighted by atomic mass is 10.2. The Bertz CT molecular complexity index is 864. The summed E-state index contributed by atoms with van der Waals surface area (Å²) in [4.78, 5) is 16.6. The SMILES string of the molecule is O=C(CN1CCN(C/C=C/c2ccccc2)CC1)NCc1ccccc1OC(F)(F)F. The average Bonchev–Trinajstić information content (AvgIpc) is 2.74. The molecule has 166 valence electrons. The van der Waals surface area contributed by atoms with Crippen molar-refractivity contribution >= 4 is 12.0 Å². The minimum Gasteiger partial charge on any atom is -0.405 e. The van der Waals surface area contributed by atoms with Gasteiger partial charge in [0.25, 0.3) is 0 Å². The molecule has 2 aromatic carbocycles. The molecule has 1 fully saturated rings. The highest BCUT2D eigenvalue weighted by molar-refractivity contribution is 5.78. The summed E-state index contributed by atoms with van der Waals surface area (Å²) in [6, 6.07) is 15.9. The van der Waals surface area contributed by atoms with E-state index in [-0.39, 0.29) is 30.3 Å². The second kappa shape index (κ2) is 11.0. The topological polar surface area (TPSA) is 44.8 Å². The fourth-order valence-electron chi connectivity index (χ4n) is 3.36. The van der Waals surface area contributed by atoms with Crippen LogP contribution in [-0.4, -0.2) is 61.3 Å². The lowest BCUT2D eigenvalue weighted by Gasteiger charge is -2.33. The smallest absolute Gasteiger partial charge is 0.405 e. The zero-order valence-electron chi connectivity index (χ0n) is 17.1. The first-order valence-electron chi connectivity index (χ1n) is 10.2. The molecule has 31 heavy (non-hydrogen) atoms. The van der Waals surface area contributed by atoms with Gasteiger partial charge in [0.1, 0.15) is 5.75 Å². The van der Waals surface area contributed by atoms with E-state index < -0.39 is 6.36 Å². The fraction of sp³-hybridized carbons (Fsp3) is 0.348. The maximum absolute atomic E-state index is 12.5. The summed E-state index contributed by atoms with van der Waals surface area (Å²) in [7, 11) is 0. The lowest BCUT2D eigenvalue weighted by Crippen LogP contribution is -2.49. The van der Waals surface area contributed by atoms with Gasteiger partial charge in [0.2, 0.25) is 5.91 Å². The van der Waals surface area contributed by atoms with E-state index in [2.05, 4.69) is 39.2 Å². The number of carbonyl (C=O) groups excluding carboxylic acids is 1. The molecule has 0 spiro atoms. The quantitative estimate of drug-likeness (QED) is 0.692. The molecule has 5 nitrogen and oxygen atoms in total. The number of rotatable bonds is 8. The molecule has 1 amide bonds. The normalized spacial score (nSPS) is 15.8. The van der Waals surface area contributed by atoms with Crippen LogP contribution in [0, 0.1) is 0 Å². The molecule has 0 atom stereocenters. The number of ether oxygens (including phenoxy) is 1. The summed E-state index contributed by atoms with van der Waals surface area (Å²) in [5, 5.41) is 2.68. The van der Waals surface area contributed by atoms with E-state index >= 15 is 0 Å². The number of para-hydroxylation sites is 1. The van der Waals surface area contributed by atoms with Gasteiger partial charge < -0.3 is 10.1 Å². The van der Waals surface area contributed by atoms with E-state index in [9.17, 15) is 18.0 Å². The van der Waals surface area contributed by atoms with Crippen LogP contribution in [0.15, 0.2) is 60.7 Å². The van der Waals surface area contributed by atoms with Gasteiger partial charge in [-0.05, 0) is 11.6 Å². The first-order chi connectivity index (χ1) is 14.9. The number of amides is 1. The van der Waals surface area contributed by atoms with Crippen LogP contribution in [-0.2, 0) is 11.3 Å². The Morgan fingerprint density at radius 1 is 0.968 bits per heavy atom. The number of carbonyl (C=O) groups is 1. The second-order valence-electron chi connectivity index (χ2n) is 7.32. The van der Waals surface area contributed by atoms with Crippen LogP contribution in [0.1, 0.15) is 11.1 Å². The molecule has 0 aliphatic carbocycles. The molecule has 8 heteroatoms. The highest BCUT2D eigenvalue weighted by Gasteiger charge is 2.32. The molecular weight excluding hydrogens is 407 g/mol. The van der Waals surface area contributed by atoms with Crippen molar-refractivity contribution in [1.29, 1.82) is 0 Å². The van der Waals surface area contributed by atoms with Crippen molar-refractivity contribution in [3.63, 3.8) is 0 Å². The Kier molecular flexibility index (Phi) is 8.08. The van der Waals surface area contributed by atoms with E-state index in [1.165, 1.54) is 23.8 Å². The second-order valence-corrected chi connectivity index (χ2v) is 7.32. The van der Waals surface area contributed by atoms with Gasteiger partial charge >= 0.3 is 6.36 Å². The Labute approximate surface area is 180 Å². The molecule has 1 heterocycles. The third-order valence-electron chi connectivity index (χ3n) is 4.98. The molecule has 0 bridgehead atoms. The first-order valence-corrected chi connectivity index (χ1v) is 10.2. The van der Waals surface area contributed by atoms with Crippen LogP contribution in [0.5, 0.6) is 5.75 Å². The van der Waals surface area contributed by atoms with Crippen LogP contribution < -0.4 is 10.1 Å². The summed E-state index contributed by atoms with van der Waals surface area (Å²) in [5.74, 6) is -0.522. The lowest BCUT2D eigenvalue weighted by molar-refractivity contribution is -0.274. The molecule has 3 rings (SSSR count). The van der Waals surface area contributed by atoms with Crippen LogP contribution in [0.4, 0.5) is 13.2 Å². The van der Waals surface area contributed by atoms with Crippen molar-refractivity contribution in [2.75, 3.05) is 39.3 Å².